The van der Waals surface area contributed by atoms with Crippen molar-refractivity contribution in [3.8, 4) is 0 Å². The van der Waals surface area contributed by atoms with Crippen LogP contribution in [0.25, 0.3) is 11.0 Å². The lowest BCUT2D eigenvalue weighted by Gasteiger charge is -2.31. The van der Waals surface area contributed by atoms with Crippen molar-refractivity contribution in [2.24, 2.45) is 0 Å². The molecule has 1 N–H and O–H groups in total. The number of amides is 1. The largest absolute Gasteiger partial charge is 0.357 e. The Labute approximate surface area is 190 Å². The fraction of sp³-hybridized carbons (Fsp3) is 0.640. The second-order valence-corrected chi connectivity index (χ2v) is 9.53. The number of nitrogens with zero attached hydrogens (tertiary/aromatic N) is 5. The van der Waals surface area contributed by atoms with Crippen LogP contribution in [-0.2, 0) is 6.54 Å². The molecule has 2 aromatic heterocycles. The minimum atomic E-state index is -0.0523. The highest BCUT2D eigenvalue weighted by Gasteiger charge is 2.25. The molecular formula is C25H36N6O. The third kappa shape index (κ3) is 4.82. The van der Waals surface area contributed by atoms with Crippen molar-refractivity contribution in [1.82, 2.24) is 25.0 Å². The van der Waals surface area contributed by atoms with Crippen molar-refractivity contribution in [3.05, 3.63) is 30.0 Å². The lowest BCUT2D eigenvalue weighted by atomic mass is 10.0. The average Bonchev–Trinajstić information content (AvgIpc) is 2.97. The van der Waals surface area contributed by atoms with E-state index in [2.05, 4.69) is 39.4 Å². The molecule has 2 aromatic rings. The second-order valence-electron chi connectivity index (χ2n) is 9.53. The van der Waals surface area contributed by atoms with Gasteiger partial charge in [0.25, 0.3) is 5.91 Å². The van der Waals surface area contributed by atoms with E-state index in [4.69, 9.17) is 10.1 Å². The standard InChI is InChI=1S/C25H36N6O/c32-25-23-21-10-11-22(30-15-7-4-5-8-16-30)27-24(21)31(28-23)17-9-3-1-2-6-14-29-18-12-20(26-25)13-19-29/h2,6,10-11,20H,1,3-5,7-9,12-19H2,(H,26,32)/b6-2-. The number of nitrogens with one attached hydrogen (secondary N) is 1. The van der Waals surface area contributed by atoms with Gasteiger partial charge in [-0.15, -0.1) is 0 Å². The van der Waals surface area contributed by atoms with Gasteiger partial charge in [0, 0.05) is 45.3 Å². The van der Waals surface area contributed by atoms with Gasteiger partial charge >= 0.3 is 0 Å². The van der Waals surface area contributed by atoms with Gasteiger partial charge in [-0.2, -0.15) is 5.10 Å². The van der Waals surface area contributed by atoms with E-state index < -0.39 is 0 Å². The van der Waals surface area contributed by atoms with E-state index in [1.54, 1.807) is 0 Å². The van der Waals surface area contributed by atoms with Crippen molar-refractivity contribution in [2.45, 2.75) is 70.4 Å². The molecular weight excluding hydrogens is 400 g/mol. The van der Waals surface area contributed by atoms with Gasteiger partial charge in [0.15, 0.2) is 11.3 Å². The molecule has 32 heavy (non-hydrogen) atoms. The summed E-state index contributed by atoms with van der Waals surface area (Å²) in [4.78, 5) is 23.1. The second kappa shape index (κ2) is 10.0. The van der Waals surface area contributed by atoms with E-state index >= 15 is 0 Å². The van der Waals surface area contributed by atoms with Gasteiger partial charge in [-0.1, -0.05) is 25.0 Å². The zero-order chi connectivity index (χ0) is 21.8. The highest BCUT2D eigenvalue weighted by atomic mass is 16.2. The van der Waals surface area contributed by atoms with Crippen molar-refractivity contribution in [1.29, 1.82) is 0 Å². The summed E-state index contributed by atoms with van der Waals surface area (Å²) in [6.45, 7) is 6.00. The molecule has 0 radical (unpaired) electrons. The quantitative estimate of drug-likeness (QED) is 0.690. The van der Waals surface area contributed by atoms with Crippen molar-refractivity contribution in [3.63, 3.8) is 0 Å². The predicted molar refractivity (Wildman–Crippen MR) is 128 cm³/mol. The summed E-state index contributed by atoms with van der Waals surface area (Å²) in [7, 11) is 0. The maximum atomic E-state index is 13.2. The number of aromatic nitrogens is 3. The van der Waals surface area contributed by atoms with Crippen LogP contribution in [0.3, 0.4) is 0 Å². The van der Waals surface area contributed by atoms with Crippen LogP contribution in [0.5, 0.6) is 0 Å². The van der Waals surface area contributed by atoms with Crippen LogP contribution in [-0.4, -0.2) is 64.3 Å². The molecule has 0 atom stereocenters. The summed E-state index contributed by atoms with van der Waals surface area (Å²) < 4.78 is 1.98. The maximum absolute atomic E-state index is 13.2. The van der Waals surface area contributed by atoms with Crippen LogP contribution in [0, 0.1) is 0 Å². The van der Waals surface area contributed by atoms with Crippen molar-refractivity contribution in [2.75, 3.05) is 37.6 Å². The number of allylic oxidation sites excluding steroid dienone is 1. The summed E-state index contributed by atoms with van der Waals surface area (Å²) in [5, 5.41) is 8.92. The number of rotatable bonds is 1. The lowest BCUT2D eigenvalue weighted by Crippen LogP contribution is -2.44. The lowest BCUT2D eigenvalue weighted by molar-refractivity contribution is 0.0909. The number of hydrogen-bond acceptors (Lipinski definition) is 5. The number of pyridine rings is 1. The summed E-state index contributed by atoms with van der Waals surface area (Å²) in [6.07, 6.45) is 14.9. The summed E-state index contributed by atoms with van der Waals surface area (Å²) in [6, 6.07) is 4.38. The van der Waals surface area contributed by atoms with E-state index in [1.165, 1.54) is 25.7 Å². The maximum Gasteiger partial charge on any atom is 0.272 e. The minimum Gasteiger partial charge on any atom is -0.357 e. The van der Waals surface area contributed by atoms with Crippen LogP contribution in [0.1, 0.15) is 68.3 Å². The van der Waals surface area contributed by atoms with Crippen LogP contribution < -0.4 is 10.2 Å². The monoisotopic (exact) mass is 436 g/mol. The van der Waals surface area contributed by atoms with Gasteiger partial charge < -0.3 is 10.2 Å². The first kappa shape index (κ1) is 21.4. The molecule has 0 aliphatic carbocycles. The topological polar surface area (TPSA) is 66.3 Å². The third-order valence-corrected chi connectivity index (χ3v) is 7.17. The first-order chi connectivity index (χ1) is 15.8. The van der Waals surface area contributed by atoms with Gasteiger partial charge in [0.1, 0.15) is 5.82 Å². The Morgan fingerprint density at radius 2 is 1.66 bits per heavy atom. The summed E-state index contributed by atoms with van der Waals surface area (Å²) in [5.41, 5.74) is 1.39. The fourth-order valence-electron chi connectivity index (χ4n) is 5.22. The molecule has 0 unspecified atom stereocenters. The molecule has 0 spiro atoms. The third-order valence-electron chi connectivity index (χ3n) is 7.17. The Bertz CT molecular complexity index is 951. The van der Waals surface area contributed by atoms with Gasteiger partial charge in [0.2, 0.25) is 0 Å². The van der Waals surface area contributed by atoms with Gasteiger partial charge in [-0.05, 0) is 57.1 Å². The molecule has 4 aliphatic rings. The number of fused-ring (bicyclic) bond motifs is 9. The Balaban J connectivity index is 1.45. The molecule has 172 valence electrons. The summed E-state index contributed by atoms with van der Waals surface area (Å²) >= 11 is 0. The highest BCUT2D eigenvalue weighted by Crippen LogP contribution is 2.24. The molecule has 4 bridgehead atoms. The Hall–Kier alpha value is -2.41. The number of aryl methyl sites for hydroxylation is 1. The van der Waals surface area contributed by atoms with Gasteiger partial charge in [-0.25, -0.2) is 9.67 Å². The van der Waals surface area contributed by atoms with Gasteiger partial charge in [-0.3, -0.25) is 9.69 Å². The number of carbonyl (C=O) groups is 1. The first-order valence-electron chi connectivity index (χ1n) is 12.6. The van der Waals surface area contributed by atoms with E-state index in [0.717, 1.165) is 88.2 Å². The van der Waals surface area contributed by atoms with Gasteiger partial charge in [0.05, 0.1) is 5.39 Å². The van der Waals surface area contributed by atoms with Crippen LogP contribution >= 0.6 is 0 Å². The molecule has 0 aromatic carbocycles. The molecule has 0 saturated carbocycles. The molecule has 2 fully saturated rings. The number of anilines is 1. The summed E-state index contributed by atoms with van der Waals surface area (Å²) in [5.74, 6) is 0.970. The average molecular weight is 437 g/mol. The van der Waals surface area contributed by atoms with Crippen molar-refractivity contribution >= 4 is 22.8 Å². The highest BCUT2D eigenvalue weighted by molar-refractivity contribution is 6.04. The van der Waals surface area contributed by atoms with Crippen LogP contribution in [0.4, 0.5) is 5.82 Å². The number of carbonyl (C=O) groups excluding carboxylic acids is 1. The number of hydrogen-bond donors (Lipinski definition) is 1. The molecule has 2 saturated heterocycles. The molecule has 1 amide bonds. The molecule has 4 aliphatic heterocycles. The normalized spacial score (nSPS) is 26.6. The number of piperidine rings is 1. The predicted octanol–water partition coefficient (Wildman–Crippen LogP) is 3.75. The SMILES string of the molecule is O=C1NC2CCN(C/C=C\CCCCn3nc1c1ccc(N4CCCCCC4)nc13)CC2. The molecule has 6 rings (SSSR count). The van der Waals surface area contributed by atoms with E-state index in [1.807, 2.05) is 4.68 Å². The molecule has 7 nitrogen and oxygen atoms in total. The van der Waals surface area contributed by atoms with E-state index in [-0.39, 0.29) is 11.9 Å². The zero-order valence-electron chi connectivity index (χ0n) is 19.1. The Morgan fingerprint density at radius 3 is 2.47 bits per heavy atom. The van der Waals surface area contributed by atoms with Crippen LogP contribution in [0.2, 0.25) is 0 Å². The van der Waals surface area contributed by atoms with E-state index in [9.17, 15) is 4.79 Å². The smallest absolute Gasteiger partial charge is 0.272 e. The van der Waals surface area contributed by atoms with Crippen LogP contribution in [0.15, 0.2) is 24.3 Å². The zero-order valence-corrected chi connectivity index (χ0v) is 19.1. The first-order valence-corrected chi connectivity index (χ1v) is 12.6. The molecule has 6 heterocycles. The fourth-order valence-corrected chi connectivity index (χ4v) is 5.22. The Kier molecular flexibility index (Phi) is 6.72. The minimum absolute atomic E-state index is 0.0523. The molecule has 7 heteroatoms. The van der Waals surface area contributed by atoms with Crippen molar-refractivity contribution < 1.29 is 4.79 Å². The Morgan fingerprint density at radius 1 is 0.875 bits per heavy atom. The van der Waals surface area contributed by atoms with E-state index in [0.29, 0.717) is 5.69 Å².